The number of carbonyl (C=O) groups is 5. The molecule has 45 heavy (non-hydrogen) atoms. The molecule has 10 nitrogen and oxygen atoms in total. The van der Waals surface area contributed by atoms with Gasteiger partial charge in [0, 0.05) is 31.3 Å². The number of para-hydroxylation sites is 2. The average molecular weight is 620 g/mol. The highest BCUT2D eigenvalue weighted by molar-refractivity contribution is 6.38. The summed E-state index contributed by atoms with van der Waals surface area (Å²) >= 11 is 0. The second-order valence-corrected chi connectivity index (χ2v) is 13.2. The Kier molecular flexibility index (Phi) is 13.0. The van der Waals surface area contributed by atoms with Crippen molar-refractivity contribution in [3.05, 3.63) is 36.2 Å². The van der Waals surface area contributed by atoms with E-state index in [-0.39, 0.29) is 48.6 Å². The van der Waals surface area contributed by atoms with Gasteiger partial charge in [0.15, 0.2) is 5.78 Å². The fraction of sp³-hybridized carbons (Fsp3) is 0.629. The van der Waals surface area contributed by atoms with Gasteiger partial charge < -0.3 is 16.0 Å². The number of hydrogen-bond acceptors (Lipinski definition) is 7. The number of hydrogen-bond donors (Lipinski definition) is 3. The standard InChI is InChI=1S/C35H49N5O5/c1-23(2)38-32(42)18-17-29(33(43)35(45)37-21-25-13-7-4-8-14-25)40-34(44)26(19-24-11-5-3-6-12-24)20-31(41)30-22-36-27-15-9-10-16-28(27)39-30/h9-10,15-16,22-26,29H,3-8,11-14,17-21H2,1-2H3,(H,37,45)(H,38,42)(H,40,44)/t26-,29+/m1/s1. The van der Waals surface area contributed by atoms with E-state index >= 15 is 0 Å². The van der Waals surface area contributed by atoms with Crippen molar-refractivity contribution in [2.45, 2.75) is 116 Å². The Balaban J connectivity index is 1.48. The van der Waals surface area contributed by atoms with E-state index < -0.39 is 29.6 Å². The molecule has 2 aliphatic carbocycles. The molecular formula is C35H49N5O5. The van der Waals surface area contributed by atoms with Crippen LogP contribution in [-0.2, 0) is 19.2 Å². The minimum Gasteiger partial charge on any atom is -0.354 e. The Labute approximate surface area is 266 Å². The van der Waals surface area contributed by atoms with Gasteiger partial charge in [-0.2, -0.15) is 0 Å². The lowest BCUT2D eigenvalue weighted by molar-refractivity contribution is -0.141. The molecule has 0 saturated heterocycles. The van der Waals surface area contributed by atoms with Gasteiger partial charge in [0.2, 0.25) is 17.6 Å². The molecule has 2 atom stereocenters. The summed E-state index contributed by atoms with van der Waals surface area (Å²) in [6.45, 7) is 4.10. The Bertz CT molecular complexity index is 1330. The smallest absolute Gasteiger partial charge is 0.289 e. The zero-order valence-electron chi connectivity index (χ0n) is 26.8. The molecule has 0 aliphatic heterocycles. The average Bonchev–Trinajstić information content (AvgIpc) is 3.05. The Morgan fingerprint density at radius 2 is 1.49 bits per heavy atom. The molecule has 4 rings (SSSR count). The van der Waals surface area contributed by atoms with Crippen LogP contribution in [0, 0.1) is 17.8 Å². The zero-order chi connectivity index (χ0) is 32.2. The molecule has 3 amide bonds. The molecule has 2 fully saturated rings. The van der Waals surface area contributed by atoms with Crippen LogP contribution in [-0.4, -0.2) is 57.9 Å². The molecule has 3 N–H and O–H groups in total. The van der Waals surface area contributed by atoms with Gasteiger partial charge in [-0.25, -0.2) is 4.98 Å². The molecule has 244 valence electrons. The highest BCUT2D eigenvalue weighted by Crippen LogP contribution is 2.31. The zero-order valence-corrected chi connectivity index (χ0v) is 26.8. The predicted octanol–water partition coefficient (Wildman–Crippen LogP) is 4.84. The normalized spacial score (nSPS) is 17.4. The number of nitrogens with zero attached hydrogens (tertiary/aromatic N) is 2. The van der Waals surface area contributed by atoms with Crippen molar-refractivity contribution in [3.63, 3.8) is 0 Å². The number of carbonyl (C=O) groups excluding carboxylic acids is 5. The van der Waals surface area contributed by atoms with Crippen molar-refractivity contribution in [2.24, 2.45) is 17.8 Å². The number of ketones is 2. The predicted molar refractivity (Wildman–Crippen MR) is 172 cm³/mol. The topological polar surface area (TPSA) is 147 Å². The van der Waals surface area contributed by atoms with Gasteiger partial charge in [-0.15, -0.1) is 0 Å². The molecule has 0 radical (unpaired) electrons. The van der Waals surface area contributed by atoms with Gasteiger partial charge in [-0.05, 0) is 63.5 Å². The van der Waals surface area contributed by atoms with Crippen molar-refractivity contribution in [3.8, 4) is 0 Å². The van der Waals surface area contributed by atoms with E-state index in [1.807, 2.05) is 32.0 Å². The summed E-state index contributed by atoms with van der Waals surface area (Å²) in [5, 5.41) is 8.38. The lowest BCUT2D eigenvalue weighted by Gasteiger charge is -2.27. The number of Topliss-reactive ketones (excluding diaryl/α,β-unsaturated/α-hetero) is 2. The van der Waals surface area contributed by atoms with Crippen molar-refractivity contribution >= 4 is 40.3 Å². The first-order chi connectivity index (χ1) is 21.7. The molecule has 1 aromatic heterocycles. The highest BCUT2D eigenvalue weighted by Gasteiger charge is 2.33. The van der Waals surface area contributed by atoms with E-state index in [1.165, 1.54) is 12.6 Å². The summed E-state index contributed by atoms with van der Waals surface area (Å²) in [4.78, 5) is 75.1. The number of nitrogens with one attached hydrogen (secondary N) is 3. The van der Waals surface area contributed by atoms with Crippen molar-refractivity contribution in [2.75, 3.05) is 6.54 Å². The van der Waals surface area contributed by atoms with Gasteiger partial charge >= 0.3 is 0 Å². The van der Waals surface area contributed by atoms with Gasteiger partial charge in [0.1, 0.15) is 5.69 Å². The maximum atomic E-state index is 13.9. The molecule has 0 spiro atoms. The van der Waals surface area contributed by atoms with Crippen LogP contribution in [0.4, 0.5) is 0 Å². The van der Waals surface area contributed by atoms with E-state index in [9.17, 15) is 24.0 Å². The lowest BCUT2D eigenvalue weighted by Crippen LogP contribution is -2.50. The van der Waals surface area contributed by atoms with E-state index in [1.54, 1.807) is 6.07 Å². The number of aromatic nitrogens is 2. The first-order valence-electron chi connectivity index (χ1n) is 16.9. The van der Waals surface area contributed by atoms with E-state index in [2.05, 4.69) is 25.9 Å². The third kappa shape index (κ3) is 10.7. The summed E-state index contributed by atoms with van der Waals surface area (Å²) in [6.07, 6.45) is 12.5. The van der Waals surface area contributed by atoms with Crippen molar-refractivity contribution < 1.29 is 24.0 Å². The molecular weight excluding hydrogens is 570 g/mol. The summed E-state index contributed by atoms with van der Waals surface area (Å²) in [7, 11) is 0. The minimum atomic E-state index is -1.17. The summed E-state index contributed by atoms with van der Waals surface area (Å²) in [5.41, 5.74) is 1.46. The quantitative estimate of drug-likeness (QED) is 0.191. The van der Waals surface area contributed by atoms with Crippen LogP contribution in [0.3, 0.4) is 0 Å². The summed E-state index contributed by atoms with van der Waals surface area (Å²) in [6, 6.07) is 6.03. The highest BCUT2D eigenvalue weighted by atomic mass is 16.2. The van der Waals surface area contributed by atoms with Crippen LogP contribution < -0.4 is 16.0 Å². The Morgan fingerprint density at radius 1 is 0.844 bits per heavy atom. The van der Waals surface area contributed by atoms with Gasteiger partial charge in [0.05, 0.1) is 23.3 Å². The third-order valence-electron chi connectivity index (χ3n) is 9.12. The first-order valence-corrected chi connectivity index (χ1v) is 16.9. The SMILES string of the molecule is CC(C)NC(=O)CC[C@H](NC(=O)[C@@H](CC(=O)c1cnc2ccccc2n1)CC1CCCCC1)C(=O)C(=O)NCC1CCCCC1. The molecule has 2 saturated carbocycles. The summed E-state index contributed by atoms with van der Waals surface area (Å²) < 4.78 is 0. The second-order valence-electron chi connectivity index (χ2n) is 13.2. The fourth-order valence-electron chi connectivity index (χ4n) is 6.63. The lowest BCUT2D eigenvalue weighted by atomic mass is 9.80. The van der Waals surface area contributed by atoms with Gasteiger partial charge in [-0.1, -0.05) is 63.5 Å². The van der Waals surface area contributed by atoms with Crippen LogP contribution in [0.25, 0.3) is 11.0 Å². The number of benzene rings is 1. The monoisotopic (exact) mass is 619 g/mol. The van der Waals surface area contributed by atoms with E-state index in [0.29, 0.717) is 29.9 Å². The van der Waals surface area contributed by atoms with Crippen LogP contribution in [0.1, 0.15) is 114 Å². The summed E-state index contributed by atoms with van der Waals surface area (Å²) in [5.74, 6) is -2.61. The van der Waals surface area contributed by atoms with Gasteiger partial charge in [0.25, 0.3) is 5.91 Å². The fourth-order valence-corrected chi connectivity index (χ4v) is 6.63. The number of amides is 3. The largest absolute Gasteiger partial charge is 0.354 e. The second kappa shape index (κ2) is 17.1. The third-order valence-corrected chi connectivity index (χ3v) is 9.12. The number of fused-ring (bicyclic) bond motifs is 1. The van der Waals surface area contributed by atoms with Crippen LogP contribution in [0.15, 0.2) is 30.5 Å². The van der Waals surface area contributed by atoms with Crippen LogP contribution in [0.5, 0.6) is 0 Å². The molecule has 0 unspecified atom stereocenters. The minimum absolute atomic E-state index is 0.0137. The number of rotatable bonds is 15. The maximum absolute atomic E-state index is 13.9. The van der Waals surface area contributed by atoms with Gasteiger partial charge in [-0.3, -0.25) is 29.0 Å². The molecule has 2 aliphatic rings. The molecule has 2 aromatic rings. The van der Waals surface area contributed by atoms with E-state index in [0.717, 1.165) is 57.8 Å². The Morgan fingerprint density at radius 3 is 2.16 bits per heavy atom. The molecule has 1 heterocycles. The van der Waals surface area contributed by atoms with Crippen LogP contribution >= 0.6 is 0 Å². The first kappa shape index (κ1) is 34.2. The van der Waals surface area contributed by atoms with E-state index in [4.69, 9.17) is 0 Å². The van der Waals surface area contributed by atoms with Crippen molar-refractivity contribution in [1.29, 1.82) is 0 Å². The maximum Gasteiger partial charge on any atom is 0.289 e. The molecule has 0 bridgehead atoms. The molecule has 1 aromatic carbocycles. The molecule has 10 heteroatoms. The van der Waals surface area contributed by atoms with Crippen LogP contribution in [0.2, 0.25) is 0 Å². The van der Waals surface area contributed by atoms with Crippen molar-refractivity contribution in [1.82, 2.24) is 25.9 Å². The Hall–Kier alpha value is -3.69.